The number of hydrogen-bond acceptors (Lipinski definition) is 1. The quantitative estimate of drug-likeness (QED) is 0.529. The molecule has 2 heteroatoms. The van der Waals surface area contributed by atoms with E-state index < -0.39 is 0 Å². The van der Waals surface area contributed by atoms with Crippen molar-refractivity contribution in [3.63, 3.8) is 0 Å². The molecule has 0 aliphatic carbocycles. The molecule has 0 saturated carbocycles. The number of ether oxygens (including phenoxy) is 1. The summed E-state index contributed by atoms with van der Waals surface area (Å²) in [5.41, 5.74) is 2.36. The Morgan fingerprint density at radius 3 is 2.31 bits per heavy atom. The molecule has 0 aliphatic rings. The van der Waals surface area contributed by atoms with Crippen LogP contribution in [0, 0.1) is 0 Å². The summed E-state index contributed by atoms with van der Waals surface area (Å²) in [5, 5.41) is 0. The molecular formula is C14H22NO+. The van der Waals surface area contributed by atoms with Crippen molar-refractivity contribution in [2.24, 2.45) is 0 Å². The van der Waals surface area contributed by atoms with Crippen molar-refractivity contribution in [3.05, 3.63) is 42.0 Å². The largest absolute Gasteiger partial charge is 0.371 e. The molecule has 0 aromatic heterocycles. The molecule has 16 heavy (non-hydrogen) atoms. The van der Waals surface area contributed by atoms with Gasteiger partial charge >= 0.3 is 0 Å². The molecule has 1 rings (SSSR count). The van der Waals surface area contributed by atoms with E-state index in [0.29, 0.717) is 6.61 Å². The number of hydrogen-bond donors (Lipinski definition) is 0. The topological polar surface area (TPSA) is 9.23 Å². The third-order valence-electron chi connectivity index (χ3n) is 2.39. The van der Waals surface area contributed by atoms with Crippen molar-refractivity contribution < 1.29 is 9.22 Å². The summed E-state index contributed by atoms with van der Waals surface area (Å²) in [6.07, 6.45) is 1.85. The van der Waals surface area contributed by atoms with Crippen LogP contribution in [0.2, 0.25) is 0 Å². The Morgan fingerprint density at radius 2 is 1.81 bits per heavy atom. The maximum absolute atomic E-state index is 5.63. The van der Waals surface area contributed by atoms with Gasteiger partial charge in [0.1, 0.15) is 6.54 Å². The van der Waals surface area contributed by atoms with E-state index in [9.17, 15) is 0 Å². The molecule has 0 atom stereocenters. The highest BCUT2D eigenvalue weighted by molar-refractivity contribution is 5.47. The summed E-state index contributed by atoms with van der Waals surface area (Å²) < 4.78 is 6.57. The van der Waals surface area contributed by atoms with Crippen molar-refractivity contribution in [2.75, 3.05) is 34.3 Å². The Labute approximate surface area is 98.7 Å². The zero-order valence-electron chi connectivity index (χ0n) is 10.6. The molecule has 2 nitrogen and oxygen atoms in total. The van der Waals surface area contributed by atoms with Gasteiger partial charge in [-0.2, -0.15) is 0 Å². The van der Waals surface area contributed by atoms with Gasteiger partial charge in [0.2, 0.25) is 0 Å². The van der Waals surface area contributed by atoms with E-state index in [0.717, 1.165) is 23.2 Å². The third-order valence-corrected chi connectivity index (χ3v) is 2.39. The van der Waals surface area contributed by atoms with E-state index >= 15 is 0 Å². The summed E-state index contributed by atoms with van der Waals surface area (Å²) in [5.74, 6) is 0. The van der Waals surface area contributed by atoms with Crippen LogP contribution in [0.1, 0.15) is 11.1 Å². The molecule has 0 N–H and O–H groups in total. The molecule has 0 fully saturated rings. The Kier molecular flexibility index (Phi) is 4.71. The Hall–Kier alpha value is -1.12. The van der Waals surface area contributed by atoms with Crippen molar-refractivity contribution in [1.29, 1.82) is 0 Å². The van der Waals surface area contributed by atoms with Crippen LogP contribution in [-0.2, 0) is 11.3 Å². The molecule has 0 heterocycles. The van der Waals surface area contributed by atoms with Crippen LogP contribution >= 0.6 is 0 Å². The van der Waals surface area contributed by atoms with Crippen LogP contribution in [0.25, 0.3) is 6.08 Å². The maximum atomic E-state index is 5.63. The summed E-state index contributed by atoms with van der Waals surface area (Å²) in [4.78, 5) is 0. The minimum Gasteiger partial charge on any atom is -0.371 e. The predicted octanol–water partition coefficient (Wildman–Crippen LogP) is 2.55. The van der Waals surface area contributed by atoms with E-state index in [1.807, 2.05) is 6.08 Å². The highest BCUT2D eigenvalue weighted by Gasteiger charge is 2.05. The van der Waals surface area contributed by atoms with E-state index in [4.69, 9.17) is 4.74 Å². The lowest BCUT2D eigenvalue weighted by Gasteiger charge is -2.23. The van der Waals surface area contributed by atoms with E-state index in [1.165, 1.54) is 5.56 Å². The smallest absolute Gasteiger partial charge is 0.102 e. The Balaban J connectivity index is 2.29. The number of likely N-dealkylation sites (N-methyl/N-ethyl adjacent to an activating group) is 1. The molecule has 1 aromatic carbocycles. The first-order valence-electron chi connectivity index (χ1n) is 5.61. The molecule has 0 amide bonds. The van der Waals surface area contributed by atoms with Gasteiger partial charge in [0.05, 0.1) is 34.4 Å². The van der Waals surface area contributed by atoms with Crippen LogP contribution < -0.4 is 0 Å². The van der Waals surface area contributed by atoms with Crippen molar-refractivity contribution in [3.8, 4) is 0 Å². The van der Waals surface area contributed by atoms with E-state index in [-0.39, 0.29) is 0 Å². The predicted molar refractivity (Wildman–Crippen MR) is 69.1 cm³/mol. The van der Waals surface area contributed by atoms with Crippen LogP contribution in [0.15, 0.2) is 30.8 Å². The highest BCUT2D eigenvalue weighted by Crippen LogP contribution is 2.06. The standard InChI is InChI=1S/C14H22NO/c1-5-13-6-8-14(9-7-13)12-16-11-10-15(2,3)4/h5-9H,1,10-12H2,2-4H3/q+1. The first-order chi connectivity index (χ1) is 7.51. The lowest BCUT2D eigenvalue weighted by molar-refractivity contribution is -0.870. The van der Waals surface area contributed by atoms with E-state index in [2.05, 4.69) is 52.0 Å². The van der Waals surface area contributed by atoms with Crippen molar-refractivity contribution in [1.82, 2.24) is 0 Å². The van der Waals surface area contributed by atoms with Gasteiger partial charge in [-0.25, -0.2) is 0 Å². The van der Waals surface area contributed by atoms with E-state index in [1.54, 1.807) is 0 Å². The molecular weight excluding hydrogens is 198 g/mol. The minimum absolute atomic E-state index is 0.692. The SMILES string of the molecule is C=Cc1ccc(COCC[N+](C)(C)C)cc1. The second-order valence-electron chi connectivity index (χ2n) is 5.01. The van der Waals surface area contributed by atoms with Crippen molar-refractivity contribution >= 4 is 6.08 Å². The Morgan fingerprint density at radius 1 is 1.19 bits per heavy atom. The van der Waals surface area contributed by atoms with Gasteiger partial charge in [-0.1, -0.05) is 36.9 Å². The fourth-order valence-electron chi connectivity index (χ4n) is 1.28. The average Bonchev–Trinajstić information content (AvgIpc) is 2.24. The van der Waals surface area contributed by atoms with Crippen LogP contribution in [-0.4, -0.2) is 38.8 Å². The van der Waals surface area contributed by atoms with Crippen LogP contribution in [0.4, 0.5) is 0 Å². The summed E-state index contributed by atoms with van der Waals surface area (Å²) in [6, 6.07) is 8.29. The molecule has 0 saturated heterocycles. The lowest BCUT2D eigenvalue weighted by atomic mass is 10.1. The summed E-state index contributed by atoms with van der Waals surface area (Å²) in [6.45, 7) is 6.25. The van der Waals surface area contributed by atoms with Crippen LogP contribution in [0.3, 0.4) is 0 Å². The third kappa shape index (κ3) is 5.10. The summed E-state index contributed by atoms with van der Waals surface area (Å²) in [7, 11) is 6.51. The normalized spacial score (nSPS) is 11.4. The minimum atomic E-state index is 0.692. The fraction of sp³-hybridized carbons (Fsp3) is 0.429. The van der Waals surface area contributed by atoms with Gasteiger partial charge in [-0.05, 0) is 11.1 Å². The Bertz CT molecular complexity index is 322. The lowest BCUT2D eigenvalue weighted by Crippen LogP contribution is -2.37. The zero-order valence-corrected chi connectivity index (χ0v) is 10.6. The molecule has 0 unspecified atom stereocenters. The fourth-order valence-corrected chi connectivity index (χ4v) is 1.28. The zero-order chi connectivity index (χ0) is 12.0. The number of quaternary nitrogens is 1. The average molecular weight is 220 g/mol. The molecule has 0 radical (unpaired) electrons. The molecule has 88 valence electrons. The van der Waals surface area contributed by atoms with Gasteiger partial charge in [0.15, 0.2) is 0 Å². The van der Waals surface area contributed by atoms with Crippen LogP contribution in [0.5, 0.6) is 0 Å². The second-order valence-corrected chi connectivity index (χ2v) is 5.01. The van der Waals surface area contributed by atoms with Gasteiger partial charge in [0.25, 0.3) is 0 Å². The molecule has 0 spiro atoms. The highest BCUT2D eigenvalue weighted by atomic mass is 16.5. The number of rotatable bonds is 6. The molecule has 0 bridgehead atoms. The first-order valence-corrected chi connectivity index (χ1v) is 5.61. The second kappa shape index (κ2) is 5.83. The number of nitrogens with zero attached hydrogens (tertiary/aromatic N) is 1. The molecule has 0 aliphatic heterocycles. The van der Waals surface area contributed by atoms with Gasteiger partial charge < -0.3 is 9.22 Å². The van der Waals surface area contributed by atoms with Crippen molar-refractivity contribution in [2.45, 2.75) is 6.61 Å². The molecule has 1 aromatic rings. The number of benzene rings is 1. The summed E-state index contributed by atoms with van der Waals surface area (Å²) >= 11 is 0. The van der Waals surface area contributed by atoms with Gasteiger partial charge in [-0.3, -0.25) is 0 Å². The maximum Gasteiger partial charge on any atom is 0.102 e. The monoisotopic (exact) mass is 220 g/mol. The van der Waals surface area contributed by atoms with Gasteiger partial charge in [0, 0.05) is 0 Å². The first kappa shape index (κ1) is 12.9. The van der Waals surface area contributed by atoms with Gasteiger partial charge in [-0.15, -0.1) is 0 Å².